The maximum absolute atomic E-state index is 13.1. The average Bonchev–Trinajstić information content (AvgIpc) is 3.18. The van der Waals surface area contributed by atoms with Gasteiger partial charge in [0.2, 0.25) is 21.8 Å². The number of sulfonamides is 1. The van der Waals surface area contributed by atoms with Gasteiger partial charge in [0, 0.05) is 32.0 Å². The first kappa shape index (κ1) is 21.0. The molecule has 2 heterocycles. The Kier molecular flexibility index (Phi) is 6.19. The highest BCUT2D eigenvalue weighted by Gasteiger charge is 2.32. The number of aromatic nitrogens is 2. The highest BCUT2D eigenvalue weighted by atomic mass is 32.2. The molecule has 1 amide bonds. The first-order valence-electron chi connectivity index (χ1n) is 10.6. The van der Waals surface area contributed by atoms with Gasteiger partial charge in [-0.05, 0) is 68.7 Å². The number of benzene rings is 1. The van der Waals surface area contributed by atoms with Gasteiger partial charge in [-0.2, -0.15) is 9.29 Å². The van der Waals surface area contributed by atoms with Crippen molar-refractivity contribution < 1.29 is 17.7 Å². The summed E-state index contributed by atoms with van der Waals surface area (Å²) in [6.07, 6.45) is 5.79. The highest BCUT2D eigenvalue weighted by Crippen LogP contribution is 2.28. The number of fused-ring (bicyclic) bond motifs is 1. The molecule has 1 aliphatic heterocycles. The Morgan fingerprint density at radius 1 is 1.20 bits per heavy atom. The van der Waals surface area contributed by atoms with Gasteiger partial charge in [0.25, 0.3) is 0 Å². The normalized spacial score (nSPS) is 18.2. The third-order valence-corrected chi connectivity index (χ3v) is 7.88. The lowest BCUT2D eigenvalue weighted by Gasteiger charge is -2.31. The molecule has 2 aromatic rings. The molecule has 1 N–H and O–H groups in total. The summed E-state index contributed by atoms with van der Waals surface area (Å²) in [6, 6.07) is 5.55. The van der Waals surface area contributed by atoms with E-state index in [1.54, 1.807) is 13.0 Å². The lowest BCUT2D eigenvalue weighted by Crippen LogP contribution is -2.43. The van der Waals surface area contributed by atoms with Crippen molar-refractivity contribution >= 4 is 15.9 Å². The average molecular weight is 433 g/mol. The van der Waals surface area contributed by atoms with Crippen LogP contribution in [-0.4, -0.2) is 48.4 Å². The van der Waals surface area contributed by atoms with Gasteiger partial charge in [0.05, 0.1) is 4.90 Å². The number of carbonyl (C=O) groups is 1. The molecular formula is C21H28N4O4S. The number of amides is 1. The van der Waals surface area contributed by atoms with E-state index >= 15 is 0 Å². The van der Waals surface area contributed by atoms with Gasteiger partial charge in [-0.3, -0.25) is 4.79 Å². The molecule has 0 bridgehead atoms. The summed E-state index contributed by atoms with van der Waals surface area (Å²) >= 11 is 0. The first-order chi connectivity index (χ1) is 14.4. The largest absolute Gasteiger partial charge is 0.355 e. The summed E-state index contributed by atoms with van der Waals surface area (Å²) in [7, 11) is -3.52. The van der Waals surface area contributed by atoms with Crippen LogP contribution in [0.5, 0.6) is 0 Å². The van der Waals surface area contributed by atoms with Gasteiger partial charge >= 0.3 is 0 Å². The Bertz CT molecular complexity index is 1010. The molecule has 0 radical (unpaired) electrons. The fourth-order valence-electron chi connectivity index (χ4n) is 4.26. The smallest absolute Gasteiger partial charge is 0.243 e. The van der Waals surface area contributed by atoms with Crippen LogP contribution >= 0.6 is 0 Å². The predicted molar refractivity (Wildman–Crippen MR) is 110 cm³/mol. The van der Waals surface area contributed by atoms with E-state index in [0.29, 0.717) is 55.5 Å². The molecule has 0 spiro atoms. The summed E-state index contributed by atoms with van der Waals surface area (Å²) in [5.41, 5.74) is 2.43. The van der Waals surface area contributed by atoms with E-state index in [-0.39, 0.29) is 11.8 Å². The summed E-state index contributed by atoms with van der Waals surface area (Å²) in [4.78, 5) is 16.9. The number of hydrogen-bond acceptors (Lipinski definition) is 6. The maximum atomic E-state index is 13.1. The Hall–Kier alpha value is -2.26. The second kappa shape index (κ2) is 8.85. The van der Waals surface area contributed by atoms with Crippen molar-refractivity contribution in [1.82, 2.24) is 19.8 Å². The molecule has 162 valence electrons. The van der Waals surface area contributed by atoms with Crippen LogP contribution in [0.2, 0.25) is 0 Å². The molecular weight excluding hydrogens is 404 g/mol. The minimum absolute atomic E-state index is 0.0444. The Balaban J connectivity index is 1.30. The molecule has 1 aromatic carbocycles. The minimum atomic E-state index is -3.52. The molecule has 1 saturated heterocycles. The Labute approximate surface area is 177 Å². The number of piperidine rings is 1. The molecule has 0 atom stereocenters. The van der Waals surface area contributed by atoms with Crippen molar-refractivity contribution in [3.8, 4) is 0 Å². The second-order valence-electron chi connectivity index (χ2n) is 8.09. The Morgan fingerprint density at radius 3 is 2.63 bits per heavy atom. The first-order valence-corrected chi connectivity index (χ1v) is 12.1. The van der Waals surface area contributed by atoms with Gasteiger partial charge in [0.1, 0.15) is 0 Å². The quantitative estimate of drug-likeness (QED) is 0.749. The van der Waals surface area contributed by atoms with Crippen LogP contribution in [0, 0.1) is 12.8 Å². The van der Waals surface area contributed by atoms with Crippen molar-refractivity contribution in [2.75, 3.05) is 19.6 Å². The maximum Gasteiger partial charge on any atom is 0.243 e. The van der Waals surface area contributed by atoms with Gasteiger partial charge in [0.15, 0.2) is 5.82 Å². The van der Waals surface area contributed by atoms with Crippen LogP contribution in [0.4, 0.5) is 0 Å². The summed E-state index contributed by atoms with van der Waals surface area (Å²) < 4.78 is 32.7. The van der Waals surface area contributed by atoms with Crippen LogP contribution in [0.25, 0.3) is 0 Å². The van der Waals surface area contributed by atoms with E-state index in [4.69, 9.17) is 4.52 Å². The zero-order valence-electron chi connectivity index (χ0n) is 17.3. The fourth-order valence-corrected chi connectivity index (χ4v) is 5.78. The van der Waals surface area contributed by atoms with Gasteiger partial charge in [-0.1, -0.05) is 11.2 Å². The fraction of sp³-hybridized carbons (Fsp3) is 0.571. The van der Waals surface area contributed by atoms with E-state index in [2.05, 4.69) is 15.5 Å². The number of nitrogens with zero attached hydrogens (tertiary/aromatic N) is 3. The van der Waals surface area contributed by atoms with Crippen LogP contribution in [0.3, 0.4) is 0 Å². The molecule has 1 aromatic heterocycles. The standard InChI is InChI=1S/C21H28N4O4S/c1-15-23-20(29-24-15)8-11-22-21(26)17-9-12-25(13-10-17)30(27,28)19-7-6-16-4-2-3-5-18(16)14-19/h6-7,14,17H,2-5,8-13H2,1H3,(H,22,26). The second-order valence-corrected chi connectivity index (χ2v) is 10.0. The summed E-state index contributed by atoms with van der Waals surface area (Å²) in [5, 5.41) is 6.62. The SMILES string of the molecule is Cc1noc(CCNC(=O)C2CCN(S(=O)(=O)c3ccc4c(c3)CCCC4)CC2)n1. The predicted octanol–water partition coefficient (Wildman–Crippen LogP) is 2.02. The minimum Gasteiger partial charge on any atom is -0.355 e. The van der Waals surface area contributed by atoms with E-state index in [0.717, 1.165) is 24.8 Å². The zero-order valence-corrected chi connectivity index (χ0v) is 18.1. The van der Waals surface area contributed by atoms with E-state index in [9.17, 15) is 13.2 Å². The van der Waals surface area contributed by atoms with Crippen LogP contribution in [0.15, 0.2) is 27.6 Å². The highest BCUT2D eigenvalue weighted by molar-refractivity contribution is 7.89. The Morgan fingerprint density at radius 2 is 1.93 bits per heavy atom. The van der Waals surface area contributed by atoms with Crippen LogP contribution < -0.4 is 5.32 Å². The zero-order chi connectivity index (χ0) is 21.1. The third-order valence-electron chi connectivity index (χ3n) is 5.99. The van der Waals surface area contributed by atoms with E-state index in [1.165, 1.54) is 16.3 Å². The third kappa shape index (κ3) is 4.57. The van der Waals surface area contributed by atoms with Crippen molar-refractivity contribution in [2.45, 2.75) is 56.8 Å². The molecule has 30 heavy (non-hydrogen) atoms. The lowest BCUT2D eigenvalue weighted by molar-refractivity contribution is -0.126. The number of rotatable bonds is 6. The molecule has 2 aliphatic rings. The van der Waals surface area contributed by atoms with Gasteiger partial charge in [-0.15, -0.1) is 0 Å². The molecule has 1 aliphatic carbocycles. The van der Waals surface area contributed by atoms with Crippen molar-refractivity contribution in [1.29, 1.82) is 0 Å². The van der Waals surface area contributed by atoms with Crippen molar-refractivity contribution in [2.24, 2.45) is 5.92 Å². The molecule has 0 unspecified atom stereocenters. The molecule has 9 heteroatoms. The van der Waals surface area contributed by atoms with Crippen LogP contribution in [-0.2, 0) is 34.1 Å². The van der Waals surface area contributed by atoms with Gasteiger partial charge < -0.3 is 9.84 Å². The number of aryl methyl sites for hydroxylation is 3. The van der Waals surface area contributed by atoms with E-state index < -0.39 is 10.0 Å². The molecule has 4 rings (SSSR count). The topological polar surface area (TPSA) is 105 Å². The molecule has 1 fully saturated rings. The van der Waals surface area contributed by atoms with Crippen molar-refractivity contribution in [3.63, 3.8) is 0 Å². The summed E-state index contributed by atoms with van der Waals surface area (Å²) in [6.45, 7) is 2.90. The summed E-state index contributed by atoms with van der Waals surface area (Å²) in [5.74, 6) is 0.851. The number of nitrogens with one attached hydrogen (secondary N) is 1. The van der Waals surface area contributed by atoms with Gasteiger partial charge in [-0.25, -0.2) is 8.42 Å². The molecule has 0 saturated carbocycles. The number of hydrogen-bond donors (Lipinski definition) is 1. The van der Waals surface area contributed by atoms with Crippen molar-refractivity contribution in [3.05, 3.63) is 41.0 Å². The van der Waals surface area contributed by atoms with Crippen LogP contribution in [0.1, 0.15) is 48.5 Å². The molecule has 8 nitrogen and oxygen atoms in total. The van der Waals surface area contributed by atoms with E-state index in [1.807, 2.05) is 12.1 Å². The lowest BCUT2D eigenvalue weighted by atomic mass is 9.92. The monoisotopic (exact) mass is 432 g/mol. The number of carbonyl (C=O) groups excluding carboxylic acids is 1.